The second-order valence-corrected chi connectivity index (χ2v) is 3.51. The van der Waals surface area contributed by atoms with Gasteiger partial charge in [0.15, 0.2) is 6.23 Å². The molecule has 78 valence electrons. The van der Waals surface area contributed by atoms with E-state index in [1.807, 2.05) is 30.4 Å². The lowest BCUT2D eigenvalue weighted by atomic mass is 10.2. The first-order chi connectivity index (χ1) is 7.36. The Morgan fingerprint density at radius 2 is 2.07 bits per heavy atom. The van der Waals surface area contributed by atoms with Gasteiger partial charge in [0, 0.05) is 13.0 Å². The highest BCUT2D eigenvalue weighted by Gasteiger charge is 2.28. The van der Waals surface area contributed by atoms with E-state index in [0.29, 0.717) is 0 Å². The molecule has 0 saturated carbocycles. The molecule has 2 rings (SSSR count). The minimum Gasteiger partial charge on any atom is -0.468 e. The number of rotatable bonds is 4. The van der Waals surface area contributed by atoms with Gasteiger partial charge in [0.05, 0.1) is 5.69 Å². The van der Waals surface area contributed by atoms with Crippen molar-refractivity contribution < 1.29 is 4.74 Å². The average molecular weight is 201 g/mol. The van der Waals surface area contributed by atoms with E-state index in [2.05, 4.69) is 24.1 Å². The Hall–Kier alpha value is -1.70. The van der Waals surface area contributed by atoms with E-state index in [1.54, 1.807) is 0 Å². The van der Waals surface area contributed by atoms with E-state index >= 15 is 0 Å². The van der Waals surface area contributed by atoms with Crippen molar-refractivity contribution in [1.29, 1.82) is 0 Å². The van der Waals surface area contributed by atoms with Gasteiger partial charge >= 0.3 is 0 Å². The van der Waals surface area contributed by atoms with Gasteiger partial charge in [0.1, 0.15) is 5.75 Å². The lowest BCUT2D eigenvalue weighted by Gasteiger charge is -2.22. The van der Waals surface area contributed by atoms with Crippen molar-refractivity contribution in [3.05, 3.63) is 49.6 Å². The Bertz CT molecular complexity index is 373. The van der Waals surface area contributed by atoms with Crippen LogP contribution in [-0.4, -0.2) is 12.8 Å². The molecule has 0 saturated heterocycles. The van der Waals surface area contributed by atoms with Crippen molar-refractivity contribution >= 4 is 5.69 Å². The summed E-state index contributed by atoms with van der Waals surface area (Å²) >= 11 is 0. The fourth-order valence-corrected chi connectivity index (χ4v) is 1.83. The molecule has 0 spiro atoms. The van der Waals surface area contributed by atoms with Gasteiger partial charge in [-0.1, -0.05) is 24.3 Å². The van der Waals surface area contributed by atoms with E-state index < -0.39 is 0 Å². The number of anilines is 1. The van der Waals surface area contributed by atoms with Crippen LogP contribution in [0.4, 0.5) is 5.69 Å². The van der Waals surface area contributed by atoms with Crippen molar-refractivity contribution in [2.45, 2.75) is 12.6 Å². The molecule has 1 aliphatic rings. The molecule has 0 radical (unpaired) electrons. The van der Waals surface area contributed by atoms with Gasteiger partial charge in [-0.25, -0.2) is 0 Å². The number of hydrogen-bond acceptors (Lipinski definition) is 2. The third-order valence-corrected chi connectivity index (χ3v) is 2.48. The first-order valence-corrected chi connectivity index (χ1v) is 5.11. The summed E-state index contributed by atoms with van der Waals surface area (Å²) in [7, 11) is 0. The van der Waals surface area contributed by atoms with Crippen LogP contribution in [0.1, 0.15) is 6.42 Å². The molecule has 1 aliphatic heterocycles. The van der Waals surface area contributed by atoms with Crippen molar-refractivity contribution in [3.8, 4) is 5.75 Å². The van der Waals surface area contributed by atoms with E-state index in [9.17, 15) is 0 Å². The molecular formula is C13H15NO. The molecule has 0 bridgehead atoms. The Morgan fingerprint density at radius 3 is 2.80 bits per heavy atom. The summed E-state index contributed by atoms with van der Waals surface area (Å²) in [5.41, 5.74) is 1.14. The molecule has 0 aliphatic carbocycles. The van der Waals surface area contributed by atoms with Gasteiger partial charge in [0.25, 0.3) is 0 Å². The Balaban J connectivity index is 2.28. The van der Waals surface area contributed by atoms with Crippen LogP contribution in [0.2, 0.25) is 0 Å². The van der Waals surface area contributed by atoms with Crippen LogP contribution in [0.3, 0.4) is 0 Å². The lowest BCUT2D eigenvalue weighted by Crippen LogP contribution is -2.34. The second-order valence-electron chi connectivity index (χ2n) is 3.51. The first kappa shape index (κ1) is 9.84. The monoisotopic (exact) mass is 201 g/mol. The number of para-hydroxylation sites is 2. The van der Waals surface area contributed by atoms with Crippen molar-refractivity contribution in [1.82, 2.24) is 0 Å². The minimum absolute atomic E-state index is 0.0675. The van der Waals surface area contributed by atoms with Crippen molar-refractivity contribution in [2.24, 2.45) is 0 Å². The summed E-state index contributed by atoms with van der Waals surface area (Å²) in [5.74, 6) is 0.950. The minimum atomic E-state index is 0.0675. The zero-order valence-corrected chi connectivity index (χ0v) is 8.73. The normalized spacial score (nSPS) is 18.1. The summed E-state index contributed by atoms with van der Waals surface area (Å²) in [6, 6.07) is 8.08. The van der Waals surface area contributed by atoms with Crippen LogP contribution >= 0.6 is 0 Å². The second kappa shape index (κ2) is 4.22. The molecule has 1 atom stereocenters. The molecule has 2 nitrogen and oxygen atoms in total. The third-order valence-electron chi connectivity index (χ3n) is 2.48. The molecule has 0 N–H and O–H groups in total. The standard InChI is InChI=1S/C13H15NO/c1-3-7-13-14(10-4-2)11-8-5-6-9-12(11)15-13/h3-6,8-9,13H,1-2,7,10H2. The lowest BCUT2D eigenvalue weighted by molar-refractivity contribution is 0.230. The van der Waals surface area contributed by atoms with Gasteiger partial charge in [0.2, 0.25) is 0 Å². The Morgan fingerprint density at radius 1 is 1.27 bits per heavy atom. The molecular weight excluding hydrogens is 186 g/mol. The fourth-order valence-electron chi connectivity index (χ4n) is 1.83. The van der Waals surface area contributed by atoms with Crippen LogP contribution < -0.4 is 9.64 Å². The van der Waals surface area contributed by atoms with E-state index in [0.717, 1.165) is 24.4 Å². The molecule has 1 aromatic carbocycles. The molecule has 15 heavy (non-hydrogen) atoms. The van der Waals surface area contributed by atoms with Gasteiger partial charge in [-0.05, 0) is 12.1 Å². The van der Waals surface area contributed by atoms with Crippen LogP contribution in [-0.2, 0) is 0 Å². The summed E-state index contributed by atoms with van der Waals surface area (Å²) in [4.78, 5) is 2.20. The number of benzene rings is 1. The highest BCUT2D eigenvalue weighted by Crippen LogP contribution is 2.37. The maximum Gasteiger partial charge on any atom is 0.176 e. The van der Waals surface area contributed by atoms with Crippen LogP contribution in [0.25, 0.3) is 0 Å². The number of nitrogens with zero attached hydrogens (tertiary/aromatic N) is 1. The van der Waals surface area contributed by atoms with E-state index in [4.69, 9.17) is 4.74 Å². The predicted octanol–water partition coefficient (Wildman–Crippen LogP) is 2.97. The Labute approximate surface area is 90.5 Å². The molecule has 1 heterocycles. The predicted molar refractivity (Wildman–Crippen MR) is 63.2 cm³/mol. The molecule has 1 aromatic rings. The maximum atomic E-state index is 5.82. The smallest absolute Gasteiger partial charge is 0.176 e. The number of ether oxygens (including phenoxy) is 1. The van der Waals surface area contributed by atoms with Crippen LogP contribution in [0, 0.1) is 0 Å². The summed E-state index contributed by atoms with van der Waals surface area (Å²) < 4.78 is 5.82. The van der Waals surface area contributed by atoms with Crippen molar-refractivity contribution in [3.63, 3.8) is 0 Å². The summed E-state index contributed by atoms with van der Waals surface area (Å²) in [6.45, 7) is 8.32. The van der Waals surface area contributed by atoms with Gasteiger partial charge in [-0.2, -0.15) is 0 Å². The topological polar surface area (TPSA) is 12.5 Å². The SMILES string of the molecule is C=CCC1Oc2ccccc2N1CC=C. The molecule has 2 heteroatoms. The zero-order valence-electron chi connectivity index (χ0n) is 8.73. The highest BCUT2D eigenvalue weighted by atomic mass is 16.5. The van der Waals surface area contributed by atoms with Crippen molar-refractivity contribution in [2.75, 3.05) is 11.4 Å². The molecule has 0 fully saturated rings. The third kappa shape index (κ3) is 1.75. The van der Waals surface area contributed by atoms with Gasteiger partial charge < -0.3 is 9.64 Å². The summed E-state index contributed by atoms with van der Waals surface area (Å²) in [6.07, 6.45) is 4.66. The van der Waals surface area contributed by atoms with Gasteiger partial charge in [-0.3, -0.25) is 0 Å². The van der Waals surface area contributed by atoms with E-state index in [1.165, 1.54) is 0 Å². The largest absolute Gasteiger partial charge is 0.468 e. The van der Waals surface area contributed by atoms with Gasteiger partial charge in [-0.15, -0.1) is 13.2 Å². The zero-order chi connectivity index (χ0) is 10.7. The maximum absolute atomic E-state index is 5.82. The molecule has 1 unspecified atom stereocenters. The average Bonchev–Trinajstić information content (AvgIpc) is 2.59. The molecule has 0 aromatic heterocycles. The Kier molecular flexibility index (Phi) is 2.77. The number of fused-ring (bicyclic) bond motifs is 1. The first-order valence-electron chi connectivity index (χ1n) is 5.11. The van der Waals surface area contributed by atoms with E-state index in [-0.39, 0.29) is 6.23 Å². The molecule has 0 amide bonds. The summed E-state index contributed by atoms with van der Waals surface area (Å²) in [5, 5.41) is 0. The quantitative estimate of drug-likeness (QED) is 0.694. The fraction of sp³-hybridized carbons (Fsp3) is 0.231. The number of hydrogen-bond donors (Lipinski definition) is 0. The van der Waals surface area contributed by atoms with Crippen LogP contribution in [0.15, 0.2) is 49.6 Å². The highest BCUT2D eigenvalue weighted by molar-refractivity contribution is 5.62. The van der Waals surface area contributed by atoms with Crippen LogP contribution in [0.5, 0.6) is 5.75 Å².